The van der Waals surface area contributed by atoms with Crippen molar-refractivity contribution in [2.24, 2.45) is 0 Å². The lowest BCUT2D eigenvalue weighted by Gasteiger charge is -1.94. The molecule has 0 atom stereocenters. The molecule has 0 amide bonds. The Morgan fingerprint density at radius 3 is 2.83 bits per heavy atom. The summed E-state index contributed by atoms with van der Waals surface area (Å²) in [6.45, 7) is 2.19. The molecule has 0 saturated carbocycles. The average Bonchev–Trinajstić information content (AvgIpc) is 2.05. The third-order valence-corrected chi connectivity index (χ3v) is 2.65. The number of hydrogen-bond donors (Lipinski definition) is 0. The van der Waals surface area contributed by atoms with Gasteiger partial charge in [0.2, 0.25) is 0 Å². The molecule has 0 aromatic rings. The average molecular weight is 225 g/mol. The smallest absolute Gasteiger partial charge is 0.0383 e. The summed E-state index contributed by atoms with van der Waals surface area (Å²) in [6.07, 6.45) is 6.19. The molecule has 0 rings (SSSR count). The molecule has 0 spiro atoms. The number of thioether (sulfide) groups is 1. The monoisotopic (exact) mass is 224 g/mol. The Morgan fingerprint density at radius 1 is 1.50 bits per heavy atom. The normalized spacial score (nSPS) is 12.8. The second kappa shape index (κ2) is 9.50. The minimum atomic E-state index is 0.717. The molecule has 0 aromatic heterocycles. The maximum absolute atomic E-state index is 5.77. The van der Waals surface area contributed by atoms with Crippen LogP contribution in [-0.4, -0.2) is 11.5 Å². The highest BCUT2D eigenvalue weighted by Gasteiger charge is 1.86. The van der Waals surface area contributed by atoms with E-state index in [9.17, 15) is 0 Å². The van der Waals surface area contributed by atoms with Gasteiger partial charge in [0, 0.05) is 16.3 Å². The van der Waals surface area contributed by atoms with Crippen LogP contribution in [0.15, 0.2) is 22.7 Å². The predicted molar refractivity (Wildman–Crippen MR) is 61.2 cm³/mol. The van der Waals surface area contributed by atoms with Crippen molar-refractivity contribution >= 4 is 35.0 Å². The molecule has 0 aromatic carbocycles. The van der Waals surface area contributed by atoms with Gasteiger partial charge in [0.15, 0.2) is 0 Å². The van der Waals surface area contributed by atoms with E-state index >= 15 is 0 Å². The van der Waals surface area contributed by atoms with Crippen molar-refractivity contribution in [1.29, 1.82) is 0 Å². The first-order valence-corrected chi connectivity index (χ1v) is 5.98. The number of rotatable bonds is 6. The minimum Gasteiger partial charge on any atom is -0.158 e. The molecular weight excluding hydrogens is 211 g/mol. The summed E-state index contributed by atoms with van der Waals surface area (Å²) >= 11 is 13.0. The summed E-state index contributed by atoms with van der Waals surface area (Å²) in [5.41, 5.74) is 1.43. The Morgan fingerprint density at radius 2 is 2.25 bits per heavy atom. The van der Waals surface area contributed by atoms with Crippen molar-refractivity contribution in [3.8, 4) is 0 Å². The van der Waals surface area contributed by atoms with Crippen molar-refractivity contribution in [3.63, 3.8) is 0 Å². The van der Waals surface area contributed by atoms with Gasteiger partial charge in [-0.15, -0.1) is 0 Å². The zero-order chi connectivity index (χ0) is 9.23. The standard InChI is InChI=1S/C9H14Cl2S/c1-2-3-7-12-8-5-9(11)4-6-10/h4-6H,2-3,7-8H2,1H3. The van der Waals surface area contributed by atoms with E-state index in [1.807, 2.05) is 17.8 Å². The van der Waals surface area contributed by atoms with Crippen LogP contribution in [0.1, 0.15) is 19.8 Å². The van der Waals surface area contributed by atoms with E-state index in [2.05, 4.69) is 6.92 Å². The third kappa shape index (κ3) is 8.51. The molecule has 3 heteroatoms. The van der Waals surface area contributed by atoms with Gasteiger partial charge in [-0.2, -0.15) is 11.8 Å². The third-order valence-electron chi connectivity index (χ3n) is 1.26. The molecule has 0 aliphatic rings. The van der Waals surface area contributed by atoms with E-state index in [1.165, 1.54) is 24.1 Å². The van der Waals surface area contributed by atoms with Gasteiger partial charge in [0.1, 0.15) is 0 Å². The summed E-state index contributed by atoms with van der Waals surface area (Å²) in [5.74, 6) is 2.18. The maximum Gasteiger partial charge on any atom is 0.0383 e. The van der Waals surface area contributed by atoms with Crippen LogP contribution >= 0.6 is 35.0 Å². The van der Waals surface area contributed by atoms with Crippen LogP contribution < -0.4 is 0 Å². The van der Waals surface area contributed by atoms with Crippen LogP contribution in [0.2, 0.25) is 0 Å². The van der Waals surface area contributed by atoms with E-state index < -0.39 is 0 Å². The van der Waals surface area contributed by atoms with Crippen LogP contribution in [0.5, 0.6) is 0 Å². The fourth-order valence-corrected chi connectivity index (χ4v) is 1.99. The van der Waals surface area contributed by atoms with E-state index in [0.717, 1.165) is 5.75 Å². The summed E-state index contributed by atoms with van der Waals surface area (Å²) in [7, 11) is 0. The highest BCUT2D eigenvalue weighted by Crippen LogP contribution is 2.09. The zero-order valence-electron chi connectivity index (χ0n) is 7.22. The van der Waals surface area contributed by atoms with Gasteiger partial charge in [-0.05, 0) is 18.2 Å². The Kier molecular flexibility index (Phi) is 9.82. The molecule has 0 unspecified atom stereocenters. The first-order chi connectivity index (χ1) is 5.81. The molecule has 0 radical (unpaired) electrons. The SMILES string of the molecule is CCCCSCC=C(Cl)C=CCl. The first kappa shape index (κ1) is 12.4. The lowest BCUT2D eigenvalue weighted by molar-refractivity contribution is 0.897. The summed E-state index contributed by atoms with van der Waals surface area (Å²) in [5, 5.41) is 0.717. The van der Waals surface area contributed by atoms with E-state index in [0.29, 0.717) is 5.03 Å². The van der Waals surface area contributed by atoms with Crippen LogP contribution in [0.25, 0.3) is 0 Å². The van der Waals surface area contributed by atoms with Crippen molar-refractivity contribution in [1.82, 2.24) is 0 Å². The minimum absolute atomic E-state index is 0.717. The summed E-state index contributed by atoms with van der Waals surface area (Å²) < 4.78 is 0. The lowest BCUT2D eigenvalue weighted by atomic mass is 10.4. The molecule has 70 valence electrons. The molecule has 0 bridgehead atoms. The first-order valence-electron chi connectivity index (χ1n) is 4.01. The number of halogens is 2. The Labute approximate surface area is 89.0 Å². The fraction of sp³-hybridized carbons (Fsp3) is 0.556. The Bertz CT molecular complexity index is 153. The lowest BCUT2D eigenvalue weighted by Crippen LogP contribution is -1.79. The second-order valence-corrected chi connectivity index (χ2v) is 4.15. The molecule has 0 nitrogen and oxygen atoms in total. The topological polar surface area (TPSA) is 0 Å². The molecule has 0 aliphatic heterocycles. The number of unbranched alkanes of at least 4 members (excludes halogenated alkanes) is 1. The molecule has 0 heterocycles. The van der Waals surface area contributed by atoms with Crippen LogP contribution in [0.4, 0.5) is 0 Å². The van der Waals surface area contributed by atoms with E-state index in [1.54, 1.807) is 6.08 Å². The highest BCUT2D eigenvalue weighted by atomic mass is 35.5. The van der Waals surface area contributed by atoms with Crippen LogP contribution in [0, 0.1) is 0 Å². The van der Waals surface area contributed by atoms with Crippen LogP contribution in [-0.2, 0) is 0 Å². The highest BCUT2D eigenvalue weighted by molar-refractivity contribution is 7.99. The molecule has 0 fully saturated rings. The van der Waals surface area contributed by atoms with Gasteiger partial charge in [-0.25, -0.2) is 0 Å². The predicted octanol–water partition coefficient (Wildman–Crippen LogP) is 4.39. The largest absolute Gasteiger partial charge is 0.158 e. The van der Waals surface area contributed by atoms with Gasteiger partial charge in [-0.3, -0.25) is 0 Å². The van der Waals surface area contributed by atoms with E-state index in [-0.39, 0.29) is 0 Å². The van der Waals surface area contributed by atoms with Gasteiger partial charge in [0.25, 0.3) is 0 Å². The second-order valence-electron chi connectivity index (χ2n) is 2.31. The van der Waals surface area contributed by atoms with Gasteiger partial charge >= 0.3 is 0 Å². The Hall–Kier alpha value is 0.410. The molecule has 0 N–H and O–H groups in total. The van der Waals surface area contributed by atoms with Crippen molar-refractivity contribution in [2.75, 3.05) is 11.5 Å². The van der Waals surface area contributed by atoms with Crippen molar-refractivity contribution < 1.29 is 0 Å². The van der Waals surface area contributed by atoms with E-state index in [4.69, 9.17) is 23.2 Å². The quantitative estimate of drug-likeness (QED) is 0.477. The van der Waals surface area contributed by atoms with Crippen molar-refractivity contribution in [3.05, 3.63) is 22.7 Å². The molecule has 0 saturated heterocycles. The van der Waals surface area contributed by atoms with Gasteiger partial charge in [-0.1, -0.05) is 42.6 Å². The summed E-state index contributed by atoms with van der Waals surface area (Å²) in [4.78, 5) is 0. The summed E-state index contributed by atoms with van der Waals surface area (Å²) in [6, 6.07) is 0. The number of hydrogen-bond acceptors (Lipinski definition) is 1. The molecule has 12 heavy (non-hydrogen) atoms. The fourth-order valence-electron chi connectivity index (χ4n) is 0.596. The Balaban J connectivity index is 3.33. The zero-order valence-corrected chi connectivity index (χ0v) is 9.55. The van der Waals surface area contributed by atoms with Gasteiger partial charge in [0.05, 0.1) is 0 Å². The van der Waals surface area contributed by atoms with Crippen molar-refractivity contribution in [2.45, 2.75) is 19.8 Å². The van der Waals surface area contributed by atoms with Crippen LogP contribution in [0.3, 0.4) is 0 Å². The number of allylic oxidation sites excluding steroid dienone is 2. The molecular formula is C9H14Cl2S. The molecule has 0 aliphatic carbocycles. The van der Waals surface area contributed by atoms with Gasteiger partial charge < -0.3 is 0 Å². The maximum atomic E-state index is 5.77.